The van der Waals surface area contributed by atoms with E-state index in [1.807, 2.05) is 6.07 Å². The van der Waals surface area contributed by atoms with Crippen molar-refractivity contribution < 1.29 is 19.8 Å². The number of carbonyl (C=O) groups is 2. The molecule has 1 aromatic rings. The largest absolute Gasteiger partial charge is 0.507 e. The van der Waals surface area contributed by atoms with Crippen molar-refractivity contribution in [1.82, 2.24) is 0 Å². The van der Waals surface area contributed by atoms with Gasteiger partial charge in [0.2, 0.25) is 0 Å². The number of hydrogen-bond donors (Lipinski definition) is 2. The Morgan fingerprint density at radius 3 is 1.44 bits per heavy atom. The molecular formula is C38H69NO4. The molecule has 2 N–H and O–H groups in total. The molecule has 0 aliphatic rings. The maximum Gasteiger partial charge on any atom is 0.306 e. The average molecular weight is 604 g/mol. The topological polar surface area (TPSA) is 77.8 Å². The fourth-order valence-corrected chi connectivity index (χ4v) is 5.40. The first-order valence-corrected chi connectivity index (χ1v) is 18.2. The number of Topliss-reactive ketones (excluding diaryl/α,β-unsaturated/α-hetero) is 1. The summed E-state index contributed by atoms with van der Waals surface area (Å²) in [6.45, 7) is 12.9. The maximum atomic E-state index is 12.7. The van der Waals surface area contributed by atoms with E-state index in [0.29, 0.717) is 6.42 Å². The number of hydrogen-bond acceptors (Lipinski definition) is 4. The number of carboxylic acids is 1. The van der Waals surface area contributed by atoms with Gasteiger partial charge in [0.1, 0.15) is 5.75 Å². The van der Waals surface area contributed by atoms with Crippen LogP contribution in [0.3, 0.4) is 0 Å². The predicted molar refractivity (Wildman–Crippen MR) is 186 cm³/mol. The van der Waals surface area contributed by atoms with Crippen LogP contribution in [0.5, 0.6) is 5.75 Å². The van der Waals surface area contributed by atoms with Crippen LogP contribution in [-0.4, -0.2) is 35.1 Å². The van der Waals surface area contributed by atoms with Crippen molar-refractivity contribution in [2.24, 2.45) is 5.92 Å². The maximum absolute atomic E-state index is 12.7. The number of phenols is 1. The second-order valence-corrected chi connectivity index (χ2v) is 12.4. The summed E-state index contributed by atoms with van der Waals surface area (Å²) < 4.78 is 0. The van der Waals surface area contributed by atoms with Gasteiger partial charge in [-0.05, 0) is 31.4 Å². The summed E-state index contributed by atoms with van der Waals surface area (Å²) in [6, 6.07) is 5.19. The molecule has 0 aliphatic carbocycles. The molecule has 1 rings (SSSR count). The van der Waals surface area contributed by atoms with Gasteiger partial charge < -0.3 is 15.1 Å². The van der Waals surface area contributed by atoms with Crippen LogP contribution in [0.4, 0.5) is 5.69 Å². The van der Waals surface area contributed by atoms with Crippen LogP contribution >= 0.6 is 0 Å². The predicted octanol–water partition coefficient (Wildman–Crippen LogP) is 11.8. The van der Waals surface area contributed by atoms with E-state index in [0.717, 1.165) is 63.7 Å². The fourth-order valence-electron chi connectivity index (χ4n) is 5.40. The highest BCUT2D eigenvalue weighted by Crippen LogP contribution is 2.28. The number of ketones is 1. The van der Waals surface area contributed by atoms with Gasteiger partial charge in [-0.1, -0.05) is 150 Å². The van der Waals surface area contributed by atoms with E-state index in [9.17, 15) is 19.8 Å². The van der Waals surface area contributed by atoms with E-state index in [4.69, 9.17) is 0 Å². The van der Waals surface area contributed by atoms with Crippen LogP contribution in [0, 0.1) is 5.92 Å². The lowest BCUT2D eigenvalue weighted by atomic mass is 9.92. The summed E-state index contributed by atoms with van der Waals surface area (Å²) in [5.41, 5.74) is 1.14. The van der Waals surface area contributed by atoms with E-state index in [1.165, 1.54) is 83.5 Å². The first-order chi connectivity index (χ1) is 20.9. The Hall–Kier alpha value is -2.04. The van der Waals surface area contributed by atoms with Crippen LogP contribution in [0.15, 0.2) is 18.2 Å². The third-order valence-corrected chi connectivity index (χ3v) is 8.35. The minimum absolute atomic E-state index is 0.0517. The molecule has 5 heteroatoms. The first-order valence-electron chi connectivity index (χ1n) is 18.2. The average Bonchev–Trinajstić information content (AvgIpc) is 2.99. The number of aliphatic carboxylic acids is 1. The van der Waals surface area contributed by atoms with Crippen molar-refractivity contribution in [1.29, 1.82) is 0 Å². The van der Waals surface area contributed by atoms with Gasteiger partial charge in [-0.3, -0.25) is 9.59 Å². The molecule has 0 heterocycles. The second kappa shape index (κ2) is 28.7. The number of rotatable bonds is 27. The van der Waals surface area contributed by atoms with Crippen LogP contribution in [0.2, 0.25) is 0 Å². The van der Waals surface area contributed by atoms with Crippen LogP contribution < -0.4 is 4.90 Å². The molecule has 0 radical (unpaired) electrons. The van der Waals surface area contributed by atoms with Crippen LogP contribution in [-0.2, 0) is 4.79 Å². The van der Waals surface area contributed by atoms with Gasteiger partial charge in [0, 0.05) is 31.3 Å². The molecule has 1 atom stereocenters. The fraction of sp³-hybridized carbons (Fsp3) is 0.789. The minimum atomic E-state index is -0.927. The lowest BCUT2D eigenvalue weighted by Crippen LogP contribution is -2.25. The summed E-state index contributed by atoms with van der Waals surface area (Å²) in [5.74, 6) is -1.97. The van der Waals surface area contributed by atoms with E-state index >= 15 is 0 Å². The molecule has 0 saturated carbocycles. The number of nitrogens with zero attached hydrogens (tertiary/aromatic N) is 1. The number of carboxylic acid groups (broad SMARTS) is 1. The van der Waals surface area contributed by atoms with Crippen molar-refractivity contribution in [3.63, 3.8) is 0 Å². The zero-order valence-corrected chi connectivity index (χ0v) is 28.9. The van der Waals surface area contributed by atoms with Gasteiger partial charge in [-0.2, -0.15) is 0 Å². The van der Waals surface area contributed by atoms with Gasteiger partial charge in [0.25, 0.3) is 0 Å². The molecule has 0 spiro atoms. The minimum Gasteiger partial charge on any atom is -0.507 e. The molecular weight excluding hydrogens is 534 g/mol. The number of unbranched alkanes of at least 4 members (excludes halogenated alkanes) is 16. The van der Waals surface area contributed by atoms with E-state index in [2.05, 4.69) is 39.5 Å². The Morgan fingerprint density at radius 2 is 1.05 bits per heavy atom. The molecule has 0 aliphatic heterocycles. The Labute approximate surface area is 266 Å². The van der Waals surface area contributed by atoms with Gasteiger partial charge in [0.15, 0.2) is 5.78 Å². The van der Waals surface area contributed by atoms with Gasteiger partial charge in [-0.15, -0.1) is 0 Å². The molecule has 5 nitrogen and oxygen atoms in total. The van der Waals surface area contributed by atoms with Crippen LogP contribution in [0.1, 0.15) is 186 Å². The summed E-state index contributed by atoms with van der Waals surface area (Å²) in [5, 5.41) is 20.1. The summed E-state index contributed by atoms with van der Waals surface area (Å²) in [6.07, 6.45) is 25.7. The Balaban J connectivity index is 0.00000123. The Kier molecular flexibility index (Phi) is 27.4. The van der Waals surface area contributed by atoms with Gasteiger partial charge >= 0.3 is 5.97 Å². The molecule has 0 fully saturated rings. The molecule has 43 heavy (non-hydrogen) atoms. The lowest BCUT2D eigenvalue weighted by molar-refractivity contribution is -0.141. The summed E-state index contributed by atoms with van der Waals surface area (Å²) in [7, 11) is 0. The Bertz CT molecular complexity index is 791. The zero-order chi connectivity index (χ0) is 32.1. The number of anilines is 1. The van der Waals surface area contributed by atoms with E-state index in [-0.39, 0.29) is 23.5 Å². The third-order valence-electron chi connectivity index (χ3n) is 8.35. The Morgan fingerprint density at radius 1 is 0.628 bits per heavy atom. The number of benzene rings is 1. The third kappa shape index (κ3) is 21.3. The van der Waals surface area contributed by atoms with E-state index in [1.54, 1.807) is 12.1 Å². The summed E-state index contributed by atoms with van der Waals surface area (Å²) >= 11 is 0. The summed E-state index contributed by atoms with van der Waals surface area (Å²) in [4.78, 5) is 26.6. The standard InChI is InChI=1S/C26H43NO4.C12H26/c1-4-7-10-11-12-13-14-21(26(30)31)19-24(28)23-16-15-22(20-25(23)29)27(17-8-5-2)18-9-6-3;1-3-5-7-9-11-12-10-8-6-4-2/h15-16,20-21,29H,4-14,17-19H2,1-3H3,(H,30,31);3-12H2,1-2H3. The van der Waals surface area contributed by atoms with Crippen molar-refractivity contribution in [3.8, 4) is 5.75 Å². The first kappa shape index (κ1) is 41.0. The molecule has 0 amide bonds. The molecule has 1 unspecified atom stereocenters. The molecule has 1 aromatic carbocycles. The second-order valence-electron chi connectivity index (χ2n) is 12.4. The molecule has 0 bridgehead atoms. The lowest BCUT2D eigenvalue weighted by Gasteiger charge is -2.25. The molecule has 250 valence electrons. The van der Waals surface area contributed by atoms with Crippen molar-refractivity contribution in [2.75, 3.05) is 18.0 Å². The highest BCUT2D eigenvalue weighted by Gasteiger charge is 2.23. The normalized spacial score (nSPS) is 11.6. The van der Waals surface area contributed by atoms with Gasteiger partial charge in [0.05, 0.1) is 11.5 Å². The zero-order valence-electron chi connectivity index (χ0n) is 28.9. The van der Waals surface area contributed by atoms with Crippen molar-refractivity contribution in [3.05, 3.63) is 23.8 Å². The molecule has 0 aromatic heterocycles. The SMILES string of the molecule is CCCCCCCCC(CC(=O)c1ccc(N(CCCC)CCCC)cc1O)C(=O)O.CCCCCCCCCCCC. The monoisotopic (exact) mass is 604 g/mol. The van der Waals surface area contributed by atoms with Crippen molar-refractivity contribution >= 4 is 17.4 Å². The molecule has 0 saturated heterocycles. The van der Waals surface area contributed by atoms with Gasteiger partial charge in [-0.25, -0.2) is 0 Å². The quantitative estimate of drug-likeness (QED) is 0.0772. The smallest absolute Gasteiger partial charge is 0.306 e. The number of carbonyl (C=O) groups excluding carboxylic acids is 1. The number of phenolic OH excluding ortho intramolecular Hbond substituents is 1. The highest BCUT2D eigenvalue weighted by molar-refractivity contribution is 6.00. The van der Waals surface area contributed by atoms with Crippen molar-refractivity contribution in [2.45, 2.75) is 176 Å². The number of aromatic hydroxyl groups is 1. The van der Waals surface area contributed by atoms with E-state index < -0.39 is 11.9 Å². The van der Waals surface area contributed by atoms with Crippen LogP contribution in [0.25, 0.3) is 0 Å². The highest BCUT2D eigenvalue weighted by atomic mass is 16.4.